The van der Waals surface area contributed by atoms with Crippen LogP contribution in [0, 0.1) is 0 Å². The Morgan fingerprint density at radius 3 is 2.00 bits per heavy atom. The number of carbonyl (C=O) groups is 2. The fourth-order valence-electron chi connectivity index (χ4n) is 0.0546. The molecule has 0 spiro atoms. The fourth-order valence-corrected chi connectivity index (χ4v) is 0.0546. The van der Waals surface area contributed by atoms with E-state index in [0.717, 1.165) is 0 Å². The minimum atomic E-state index is -1.97. The summed E-state index contributed by atoms with van der Waals surface area (Å²) in [7, 11) is 0. The van der Waals surface area contributed by atoms with Gasteiger partial charge in [-0.05, 0) is 0 Å². The van der Waals surface area contributed by atoms with Crippen LogP contribution in [-0.2, 0) is 9.59 Å². The van der Waals surface area contributed by atoms with E-state index in [4.69, 9.17) is 0 Å². The summed E-state index contributed by atoms with van der Waals surface area (Å²) in [6, 6.07) is 0. The van der Waals surface area contributed by atoms with Crippen LogP contribution in [0.1, 0.15) is 0 Å². The number of aliphatic carboxylic acids is 1. The van der Waals surface area contributed by atoms with Gasteiger partial charge in [-0.3, -0.25) is 4.79 Å². The molecule has 4 heteroatoms. The molecule has 7 heavy (non-hydrogen) atoms. The molecule has 0 radical (unpaired) electrons. The summed E-state index contributed by atoms with van der Waals surface area (Å²) in [6.07, 6.45) is 0. The number of hydrogen-bond acceptors (Lipinski definition) is 3. The fraction of sp³-hybridized carbons (Fsp3) is 0.333. The Balaban J connectivity index is 3.58. The van der Waals surface area contributed by atoms with E-state index in [1.54, 1.807) is 0 Å². The highest BCUT2D eigenvalue weighted by atomic mass is 19.1. The zero-order chi connectivity index (χ0) is 5.86. The third-order valence-corrected chi connectivity index (χ3v) is 0.349. The molecular weight excluding hydrogens is 103 g/mol. The lowest BCUT2D eigenvalue weighted by molar-refractivity contribution is -0.300. The topological polar surface area (TPSA) is 57.2 Å². The smallest absolute Gasteiger partial charge is 0.209 e. The zero-order valence-electron chi connectivity index (χ0n) is 3.31. The van der Waals surface area contributed by atoms with Crippen LogP contribution in [-0.4, -0.2) is 18.4 Å². The SMILES string of the molecule is O=C([O-])C(=O)CF. The Kier molecular flexibility index (Phi) is 1.98. The van der Waals surface area contributed by atoms with Crippen LogP contribution in [0.3, 0.4) is 0 Å². The lowest BCUT2D eigenvalue weighted by Crippen LogP contribution is -2.32. The van der Waals surface area contributed by atoms with Crippen molar-refractivity contribution in [3.05, 3.63) is 0 Å². The first-order chi connectivity index (χ1) is 3.18. The van der Waals surface area contributed by atoms with Crippen LogP contribution < -0.4 is 5.11 Å². The number of rotatable bonds is 2. The number of carbonyl (C=O) groups excluding carboxylic acids is 2. The van der Waals surface area contributed by atoms with E-state index < -0.39 is 18.4 Å². The molecule has 0 N–H and O–H groups in total. The number of carboxylic acids is 1. The summed E-state index contributed by atoms with van der Waals surface area (Å²) in [5.41, 5.74) is 0. The van der Waals surface area contributed by atoms with E-state index in [0.29, 0.717) is 0 Å². The predicted molar refractivity (Wildman–Crippen MR) is 16.0 cm³/mol. The standard InChI is InChI=1S/C3H3FO3/c4-1-2(5)3(6)7/h1H2,(H,6,7)/p-1. The molecule has 0 aliphatic rings. The third kappa shape index (κ3) is 1.86. The van der Waals surface area contributed by atoms with E-state index in [1.807, 2.05) is 0 Å². The highest BCUT2D eigenvalue weighted by Crippen LogP contribution is 1.67. The summed E-state index contributed by atoms with van der Waals surface area (Å²) in [4.78, 5) is 18.7. The van der Waals surface area contributed by atoms with Gasteiger partial charge in [0, 0.05) is 0 Å². The van der Waals surface area contributed by atoms with Gasteiger partial charge in [0.15, 0.2) is 6.67 Å². The van der Waals surface area contributed by atoms with Crippen molar-refractivity contribution in [3.63, 3.8) is 0 Å². The van der Waals surface area contributed by atoms with Crippen molar-refractivity contribution in [2.75, 3.05) is 6.67 Å². The van der Waals surface area contributed by atoms with Gasteiger partial charge in [-0.15, -0.1) is 0 Å². The van der Waals surface area contributed by atoms with Crippen LogP contribution in [0.15, 0.2) is 0 Å². The maximum absolute atomic E-state index is 10.9. The van der Waals surface area contributed by atoms with Crippen molar-refractivity contribution in [1.82, 2.24) is 0 Å². The first kappa shape index (κ1) is 6.07. The monoisotopic (exact) mass is 105 g/mol. The Morgan fingerprint density at radius 2 is 2.00 bits per heavy atom. The summed E-state index contributed by atoms with van der Waals surface area (Å²) < 4.78 is 10.9. The van der Waals surface area contributed by atoms with Gasteiger partial charge in [-0.25, -0.2) is 4.39 Å². The summed E-state index contributed by atoms with van der Waals surface area (Å²) in [6.45, 7) is -1.48. The van der Waals surface area contributed by atoms with Gasteiger partial charge < -0.3 is 9.90 Å². The molecule has 0 aliphatic heterocycles. The van der Waals surface area contributed by atoms with E-state index in [2.05, 4.69) is 0 Å². The number of ketones is 1. The van der Waals surface area contributed by atoms with Gasteiger partial charge in [0.2, 0.25) is 5.78 Å². The maximum atomic E-state index is 10.9. The van der Waals surface area contributed by atoms with Gasteiger partial charge in [0.05, 0.1) is 0 Å². The Morgan fingerprint density at radius 1 is 1.57 bits per heavy atom. The Labute approximate surface area is 38.8 Å². The third-order valence-electron chi connectivity index (χ3n) is 0.349. The number of hydrogen-bond donors (Lipinski definition) is 0. The Bertz CT molecular complexity index is 98.4. The molecule has 0 saturated carbocycles. The lowest BCUT2D eigenvalue weighted by Gasteiger charge is -1.90. The van der Waals surface area contributed by atoms with Crippen LogP contribution in [0.4, 0.5) is 4.39 Å². The van der Waals surface area contributed by atoms with Gasteiger partial charge in [0.25, 0.3) is 0 Å². The number of carboxylic acid groups (broad SMARTS) is 1. The molecule has 3 nitrogen and oxygen atoms in total. The molecule has 0 unspecified atom stereocenters. The molecule has 0 amide bonds. The normalized spacial score (nSPS) is 8.14. The van der Waals surface area contributed by atoms with Crippen molar-refractivity contribution >= 4 is 11.8 Å². The molecule has 0 fully saturated rings. The molecule has 0 saturated heterocycles. The number of halogens is 1. The molecule has 0 aromatic rings. The second-order valence-electron chi connectivity index (χ2n) is 0.844. The minimum Gasteiger partial charge on any atom is -0.542 e. The van der Waals surface area contributed by atoms with E-state index in [-0.39, 0.29) is 0 Å². The van der Waals surface area contributed by atoms with Crippen LogP contribution >= 0.6 is 0 Å². The maximum Gasteiger partial charge on any atom is 0.209 e. The van der Waals surface area contributed by atoms with Gasteiger partial charge >= 0.3 is 0 Å². The van der Waals surface area contributed by atoms with Crippen molar-refractivity contribution in [2.24, 2.45) is 0 Å². The number of alkyl halides is 1. The first-order valence-electron chi connectivity index (χ1n) is 1.48. The van der Waals surface area contributed by atoms with Gasteiger partial charge in [-0.2, -0.15) is 0 Å². The van der Waals surface area contributed by atoms with E-state index in [1.165, 1.54) is 0 Å². The van der Waals surface area contributed by atoms with Gasteiger partial charge in [0.1, 0.15) is 5.97 Å². The molecule has 0 aromatic heterocycles. The van der Waals surface area contributed by atoms with Gasteiger partial charge in [-0.1, -0.05) is 0 Å². The molecule has 40 valence electrons. The largest absolute Gasteiger partial charge is 0.542 e. The van der Waals surface area contributed by atoms with Crippen molar-refractivity contribution < 1.29 is 19.1 Å². The van der Waals surface area contributed by atoms with Crippen LogP contribution in [0.2, 0.25) is 0 Å². The molecule has 0 rings (SSSR count). The minimum absolute atomic E-state index is 1.48. The average molecular weight is 105 g/mol. The van der Waals surface area contributed by atoms with Crippen LogP contribution in [0.5, 0.6) is 0 Å². The molecular formula is C3H2FO3-. The quantitative estimate of drug-likeness (QED) is 0.392. The van der Waals surface area contributed by atoms with Crippen LogP contribution in [0.25, 0.3) is 0 Å². The molecule has 0 aliphatic carbocycles. The predicted octanol–water partition coefficient (Wildman–Crippen LogP) is -1.73. The zero-order valence-corrected chi connectivity index (χ0v) is 3.31. The Hall–Kier alpha value is -0.930. The first-order valence-corrected chi connectivity index (χ1v) is 1.48. The van der Waals surface area contributed by atoms with Crippen molar-refractivity contribution in [2.45, 2.75) is 0 Å². The lowest BCUT2D eigenvalue weighted by atomic mass is 10.5. The van der Waals surface area contributed by atoms with E-state index >= 15 is 0 Å². The molecule has 0 aromatic carbocycles. The average Bonchev–Trinajstić information content (AvgIpc) is 1.65. The van der Waals surface area contributed by atoms with E-state index in [9.17, 15) is 19.1 Å². The molecule has 0 heterocycles. The molecule has 0 atom stereocenters. The summed E-state index contributed by atoms with van der Waals surface area (Å²) in [5, 5.41) is 9.23. The number of Topliss-reactive ketones (excluding diaryl/α,β-unsaturated/α-hetero) is 1. The summed E-state index contributed by atoms with van der Waals surface area (Å²) in [5.74, 6) is -3.48. The molecule has 0 bridgehead atoms. The second-order valence-corrected chi connectivity index (χ2v) is 0.844. The highest BCUT2D eigenvalue weighted by molar-refractivity contribution is 6.32. The van der Waals surface area contributed by atoms with Crippen molar-refractivity contribution in [3.8, 4) is 0 Å². The second kappa shape index (κ2) is 2.28. The highest BCUT2D eigenvalue weighted by Gasteiger charge is 1.97. The van der Waals surface area contributed by atoms with Crippen molar-refractivity contribution in [1.29, 1.82) is 0 Å². The summed E-state index contributed by atoms with van der Waals surface area (Å²) >= 11 is 0.